The van der Waals surface area contributed by atoms with Crippen LogP contribution in [0, 0.1) is 22.5 Å². The molecule has 1 aliphatic heterocycles. The quantitative estimate of drug-likeness (QED) is 0.464. The number of allylic oxidation sites excluding steroid dienone is 2. The lowest BCUT2D eigenvalue weighted by Crippen LogP contribution is -2.34. The fourth-order valence-corrected chi connectivity index (χ4v) is 3.61. The summed E-state index contributed by atoms with van der Waals surface area (Å²) in [6.45, 7) is 14.9. The summed E-state index contributed by atoms with van der Waals surface area (Å²) in [6, 6.07) is 2.85. The Morgan fingerprint density at radius 1 is 1.00 bits per heavy atom. The van der Waals surface area contributed by atoms with Gasteiger partial charge in [0.15, 0.2) is 11.6 Å². The smallest absolute Gasteiger partial charge is 0.166 e. The van der Waals surface area contributed by atoms with E-state index < -0.39 is 11.6 Å². The molecule has 0 atom stereocenters. The highest BCUT2D eigenvalue weighted by Crippen LogP contribution is 2.45. The molecule has 0 fully saturated rings. The lowest BCUT2D eigenvalue weighted by Gasteiger charge is -2.41. The molecule has 134 valence electrons. The average Bonchev–Trinajstić information content (AvgIpc) is 2.55. The van der Waals surface area contributed by atoms with Crippen LogP contribution in [0.3, 0.4) is 0 Å². The number of hydrogen-bond acceptors (Lipinski definition) is 1. The Hall–Kier alpha value is -1.09. The van der Waals surface area contributed by atoms with Crippen molar-refractivity contribution in [3.8, 4) is 0 Å². The van der Waals surface area contributed by atoms with Gasteiger partial charge < -0.3 is 0 Å². The van der Waals surface area contributed by atoms with Crippen LogP contribution in [-0.2, 0) is 0 Å². The second-order valence-electron chi connectivity index (χ2n) is 7.30. The maximum atomic E-state index is 14.3. The van der Waals surface area contributed by atoms with Crippen LogP contribution in [0.4, 0.5) is 8.78 Å². The van der Waals surface area contributed by atoms with E-state index in [1.165, 1.54) is 6.07 Å². The molecule has 0 bridgehead atoms. The van der Waals surface area contributed by atoms with E-state index in [4.69, 9.17) is 0 Å². The van der Waals surface area contributed by atoms with Crippen molar-refractivity contribution in [2.24, 2.45) is 10.8 Å². The van der Waals surface area contributed by atoms with E-state index in [2.05, 4.69) is 27.7 Å². The molecule has 0 N–H and O–H groups in total. The molecule has 1 aromatic carbocycles. The Labute approximate surface area is 150 Å². The van der Waals surface area contributed by atoms with Crippen molar-refractivity contribution in [3.63, 3.8) is 0 Å². The number of rotatable bonds is 0. The molecular formula is C21H30F2S. The van der Waals surface area contributed by atoms with E-state index in [1.807, 2.05) is 38.3 Å². The first-order valence-corrected chi connectivity index (χ1v) is 9.64. The summed E-state index contributed by atoms with van der Waals surface area (Å²) in [5.41, 5.74) is 2.13. The van der Waals surface area contributed by atoms with Gasteiger partial charge in [0.25, 0.3) is 0 Å². The first-order valence-electron chi connectivity index (χ1n) is 8.59. The van der Waals surface area contributed by atoms with Gasteiger partial charge in [-0.25, -0.2) is 8.78 Å². The summed E-state index contributed by atoms with van der Waals surface area (Å²) in [5.74, 6) is -0.554. The molecule has 2 rings (SSSR count). The number of fused-ring (bicyclic) bond motifs is 1. The SMILES string of the molecule is C/C1=C/CC(C)(C)C(C)(C)CS/C=C/c2ccc(F)c(F)c21.CC. The van der Waals surface area contributed by atoms with Crippen LogP contribution in [0.25, 0.3) is 11.6 Å². The standard InChI is InChI=1S/C19H24F2S.C2H6/c1-13-8-10-18(2,3)19(4,5)12-22-11-9-14-6-7-15(20)17(21)16(13)14;1-2/h6-9,11H,10,12H2,1-5H3;1-2H3/b11-9+,13-8-;. The first-order chi connectivity index (χ1) is 11.2. The molecule has 0 nitrogen and oxygen atoms in total. The van der Waals surface area contributed by atoms with Crippen molar-refractivity contribution >= 4 is 23.4 Å². The normalized spacial score (nSPS) is 22.8. The lowest BCUT2D eigenvalue weighted by atomic mass is 9.67. The van der Waals surface area contributed by atoms with Gasteiger partial charge in [-0.05, 0) is 52.9 Å². The van der Waals surface area contributed by atoms with Crippen molar-refractivity contribution in [1.29, 1.82) is 0 Å². The van der Waals surface area contributed by atoms with Gasteiger partial charge in [-0.1, -0.05) is 53.7 Å². The van der Waals surface area contributed by atoms with Crippen LogP contribution < -0.4 is 0 Å². The molecule has 0 aliphatic carbocycles. The molecular weight excluding hydrogens is 322 g/mol. The summed E-state index contributed by atoms with van der Waals surface area (Å²) in [7, 11) is 0. The highest BCUT2D eigenvalue weighted by Gasteiger charge is 2.36. The summed E-state index contributed by atoms with van der Waals surface area (Å²) in [4.78, 5) is 0. The molecule has 3 heteroatoms. The molecule has 0 spiro atoms. The molecule has 0 saturated heterocycles. The molecule has 0 amide bonds. The third kappa shape index (κ3) is 4.50. The van der Waals surface area contributed by atoms with Gasteiger partial charge in [0, 0.05) is 11.3 Å². The van der Waals surface area contributed by atoms with Crippen molar-refractivity contribution in [1.82, 2.24) is 0 Å². The minimum atomic E-state index is -0.790. The van der Waals surface area contributed by atoms with Crippen molar-refractivity contribution < 1.29 is 8.78 Å². The zero-order valence-electron chi connectivity index (χ0n) is 16.0. The number of halogens is 2. The van der Waals surface area contributed by atoms with Gasteiger partial charge in [0.2, 0.25) is 0 Å². The molecule has 1 aliphatic rings. The maximum Gasteiger partial charge on any atom is 0.166 e. The van der Waals surface area contributed by atoms with Gasteiger partial charge in [-0.15, -0.1) is 11.8 Å². The topological polar surface area (TPSA) is 0 Å². The predicted octanol–water partition coefficient (Wildman–Crippen LogP) is 7.55. The molecule has 1 heterocycles. The average molecular weight is 353 g/mol. The van der Waals surface area contributed by atoms with Gasteiger partial charge in [-0.2, -0.15) is 0 Å². The Morgan fingerprint density at radius 3 is 2.25 bits per heavy atom. The lowest BCUT2D eigenvalue weighted by molar-refractivity contribution is 0.141. The zero-order valence-corrected chi connectivity index (χ0v) is 16.8. The van der Waals surface area contributed by atoms with Crippen molar-refractivity contribution in [3.05, 3.63) is 46.4 Å². The monoisotopic (exact) mass is 352 g/mol. The summed E-state index contributed by atoms with van der Waals surface area (Å²) in [6.07, 6.45) is 4.77. The second-order valence-corrected chi connectivity index (χ2v) is 8.19. The largest absolute Gasteiger partial charge is 0.204 e. The van der Waals surface area contributed by atoms with E-state index in [1.54, 1.807) is 17.8 Å². The minimum Gasteiger partial charge on any atom is -0.204 e. The van der Waals surface area contributed by atoms with Crippen molar-refractivity contribution in [2.45, 2.75) is 54.9 Å². The van der Waals surface area contributed by atoms with E-state index in [-0.39, 0.29) is 10.8 Å². The van der Waals surface area contributed by atoms with Gasteiger partial charge in [-0.3, -0.25) is 0 Å². The third-order valence-corrected chi connectivity index (χ3v) is 6.28. The van der Waals surface area contributed by atoms with Crippen molar-refractivity contribution in [2.75, 3.05) is 5.75 Å². The van der Waals surface area contributed by atoms with Gasteiger partial charge in [0.05, 0.1) is 0 Å². The first kappa shape index (κ1) is 21.0. The summed E-state index contributed by atoms with van der Waals surface area (Å²) < 4.78 is 27.9. The highest BCUT2D eigenvalue weighted by atomic mass is 32.2. The van der Waals surface area contributed by atoms with Crippen LogP contribution in [0.1, 0.15) is 66.0 Å². The predicted molar refractivity (Wildman–Crippen MR) is 105 cm³/mol. The van der Waals surface area contributed by atoms with Gasteiger partial charge in [0.1, 0.15) is 0 Å². The van der Waals surface area contributed by atoms with Crippen LogP contribution >= 0.6 is 11.8 Å². The van der Waals surface area contributed by atoms with Crippen LogP contribution in [-0.4, -0.2) is 5.75 Å². The van der Waals surface area contributed by atoms with Crippen LogP contribution in [0.15, 0.2) is 23.6 Å². The fourth-order valence-electron chi connectivity index (χ4n) is 2.47. The molecule has 0 unspecified atom stereocenters. The molecule has 0 aromatic heterocycles. The molecule has 1 aromatic rings. The second kappa shape index (κ2) is 8.33. The highest BCUT2D eigenvalue weighted by molar-refractivity contribution is 8.02. The molecule has 0 saturated carbocycles. The van der Waals surface area contributed by atoms with Crippen LogP contribution in [0.2, 0.25) is 0 Å². The molecule has 24 heavy (non-hydrogen) atoms. The number of hydrogen-bond donors (Lipinski definition) is 0. The van der Waals surface area contributed by atoms with Crippen LogP contribution in [0.5, 0.6) is 0 Å². The fraction of sp³-hybridized carbons (Fsp3) is 0.524. The Kier molecular flexibility index (Phi) is 7.27. The maximum absolute atomic E-state index is 14.3. The zero-order chi connectivity index (χ0) is 18.5. The summed E-state index contributed by atoms with van der Waals surface area (Å²) >= 11 is 1.73. The van der Waals surface area contributed by atoms with E-state index in [0.717, 1.165) is 23.3 Å². The Bertz CT molecular complexity index is 625. The van der Waals surface area contributed by atoms with E-state index in [9.17, 15) is 8.78 Å². The molecule has 0 radical (unpaired) electrons. The number of benzene rings is 1. The van der Waals surface area contributed by atoms with E-state index >= 15 is 0 Å². The van der Waals surface area contributed by atoms with Gasteiger partial charge >= 0.3 is 0 Å². The minimum absolute atomic E-state index is 0.0728. The third-order valence-electron chi connectivity index (χ3n) is 5.06. The Balaban J connectivity index is 0.00000139. The van der Waals surface area contributed by atoms with E-state index in [0.29, 0.717) is 5.56 Å². The number of thioether (sulfide) groups is 1. The Morgan fingerprint density at radius 2 is 1.62 bits per heavy atom. The summed E-state index contributed by atoms with van der Waals surface area (Å²) in [5, 5.41) is 1.99.